The van der Waals surface area contributed by atoms with Crippen LogP contribution in [0.5, 0.6) is 5.75 Å². The lowest BCUT2D eigenvalue weighted by Gasteiger charge is -2.33. The Kier molecular flexibility index (Phi) is 7.62. The fourth-order valence-corrected chi connectivity index (χ4v) is 6.71. The summed E-state index contributed by atoms with van der Waals surface area (Å²) in [6.07, 6.45) is 4.66. The van der Waals surface area contributed by atoms with Crippen LogP contribution in [0, 0.1) is 5.92 Å². The number of fused-ring (bicyclic) bond motifs is 1. The molecule has 2 aliphatic heterocycles. The lowest BCUT2D eigenvalue weighted by atomic mass is 9.97. The smallest absolute Gasteiger partial charge is 0.243 e. The Labute approximate surface area is 218 Å². The molecule has 3 heterocycles. The summed E-state index contributed by atoms with van der Waals surface area (Å²) in [5, 5.41) is 3.87. The van der Waals surface area contributed by atoms with E-state index in [0.717, 1.165) is 66.7 Å². The van der Waals surface area contributed by atoms with E-state index in [1.807, 2.05) is 36.4 Å². The zero-order chi connectivity index (χ0) is 25.8. The van der Waals surface area contributed by atoms with Crippen LogP contribution < -0.4 is 15.0 Å². The lowest BCUT2D eigenvalue weighted by molar-refractivity contribution is -0.125. The molecule has 37 heavy (non-hydrogen) atoms. The Balaban J connectivity index is 1.25. The molecular formula is C28H34N4O4S. The van der Waals surface area contributed by atoms with Crippen LogP contribution in [0.1, 0.15) is 37.7 Å². The molecule has 0 bridgehead atoms. The molecule has 5 rings (SSSR count). The predicted octanol–water partition coefficient (Wildman–Crippen LogP) is 3.95. The molecule has 0 saturated carbocycles. The summed E-state index contributed by atoms with van der Waals surface area (Å²) in [6.45, 7) is 3.09. The first-order valence-corrected chi connectivity index (χ1v) is 14.4. The zero-order valence-electron chi connectivity index (χ0n) is 21.2. The predicted molar refractivity (Wildman–Crippen MR) is 144 cm³/mol. The quantitative estimate of drug-likeness (QED) is 0.505. The van der Waals surface area contributed by atoms with Crippen LogP contribution in [-0.2, 0) is 21.4 Å². The first-order chi connectivity index (χ1) is 17.9. The van der Waals surface area contributed by atoms with Crippen LogP contribution in [0.15, 0.2) is 59.5 Å². The van der Waals surface area contributed by atoms with Gasteiger partial charge >= 0.3 is 0 Å². The van der Waals surface area contributed by atoms with Crippen molar-refractivity contribution in [2.75, 3.05) is 38.2 Å². The van der Waals surface area contributed by atoms with Crippen molar-refractivity contribution in [1.82, 2.24) is 14.6 Å². The number of hydrogen-bond acceptors (Lipinski definition) is 6. The zero-order valence-corrected chi connectivity index (χ0v) is 22.0. The monoisotopic (exact) mass is 522 g/mol. The van der Waals surface area contributed by atoms with E-state index < -0.39 is 10.0 Å². The van der Waals surface area contributed by atoms with Gasteiger partial charge in [0.15, 0.2) is 0 Å². The summed E-state index contributed by atoms with van der Waals surface area (Å²) >= 11 is 0. The maximum atomic E-state index is 13.1. The van der Waals surface area contributed by atoms with Crippen LogP contribution in [0.25, 0.3) is 10.9 Å². The van der Waals surface area contributed by atoms with Gasteiger partial charge in [0.25, 0.3) is 0 Å². The summed E-state index contributed by atoms with van der Waals surface area (Å²) in [4.78, 5) is 20.2. The average Bonchev–Trinajstić information content (AvgIpc) is 2.96. The molecule has 1 unspecified atom stereocenters. The second-order valence-corrected chi connectivity index (χ2v) is 11.8. The van der Waals surface area contributed by atoms with Gasteiger partial charge in [0.05, 0.1) is 23.4 Å². The van der Waals surface area contributed by atoms with Gasteiger partial charge in [-0.1, -0.05) is 18.6 Å². The number of aromatic nitrogens is 1. The number of benzene rings is 2. The van der Waals surface area contributed by atoms with E-state index >= 15 is 0 Å². The topological polar surface area (TPSA) is 91.8 Å². The first-order valence-electron chi connectivity index (χ1n) is 13.0. The minimum atomic E-state index is -3.49. The van der Waals surface area contributed by atoms with Gasteiger partial charge in [0.2, 0.25) is 15.9 Å². The Morgan fingerprint density at radius 3 is 2.54 bits per heavy atom. The molecule has 8 nitrogen and oxygen atoms in total. The van der Waals surface area contributed by atoms with Crippen LogP contribution in [-0.4, -0.2) is 56.9 Å². The minimum absolute atomic E-state index is 0.0499. The Bertz CT molecular complexity index is 1350. The van der Waals surface area contributed by atoms with E-state index in [4.69, 9.17) is 9.72 Å². The van der Waals surface area contributed by atoms with Crippen LogP contribution in [0.2, 0.25) is 0 Å². The molecular weight excluding hydrogens is 488 g/mol. The van der Waals surface area contributed by atoms with Gasteiger partial charge in [-0.15, -0.1) is 0 Å². The van der Waals surface area contributed by atoms with Gasteiger partial charge in [-0.2, -0.15) is 4.31 Å². The normalized spacial score (nSPS) is 19.1. The number of methoxy groups -OCH3 is 1. The van der Waals surface area contributed by atoms with Crippen molar-refractivity contribution < 1.29 is 17.9 Å². The fraction of sp³-hybridized carbons (Fsp3) is 0.429. The summed E-state index contributed by atoms with van der Waals surface area (Å²) in [6, 6.07) is 16.7. The van der Waals surface area contributed by atoms with E-state index in [9.17, 15) is 13.2 Å². The molecule has 9 heteroatoms. The lowest BCUT2D eigenvalue weighted by Crippen LogP contribution is -2.43. The highest BCUT2D eigenvalue weighted by Crippen LogP contribution is 2.27. The number of pyridine rings is 1. The van der Waals surface area contributed by atoms with E-state index in [1.54, 1.807) is 29.6 Å². The SMILES string of the molecule is COc1ccc(CNC(=O)C2CCCN(c3ccc4cc(S(=O)(=O)N5CCCCC5)ccc4n3)C2)cc1. The molecule has 196 valence electrons. The van der Waals surface area contributed by atoms with Crippen molar-refractivity contribution in [2.45, 2.75) is 43.5 Å². The minimum Gasteiger partial charge on any atom is -0.497 e. The average molecular weight is 523 g/mol. The third-order valence-corrected chi connectivity index (χ3v) is 9.24. The largest absolute Gasteiger partial charge is 0.497 e. The molecule has 3 aromatic rings. The molecule has 0 radical (unpaired) electrons. The van der Waals surface area contributed by atoms with Crippen molar-refractivity contribution in [2.24, 2.45) is 5.92 Å². The second kappa shape index (κ2) is 11.1. The summed E-state index contributed by atoms with van der Waals surface area (Å²) in [5.41, 5.74) is 1.78. The maximum Gasteiger partial charge on any atom is 0.243 e. The van der Waals surface area contributed by atoms with Crippen molar-refractivity contribution in [3.8, 4) is 5.75 Å². The molecule has 1 atom stereocenters. The standard InChI is InChI=1S/C28H34N4O4S/c1-36-24-10-7-21(8-11-24)19-29-28(33)23-6-5-15-31(20-23)27-14-9-22-18-25(12-13-26(22)30-27)37(34,35)32-16-3-2-4-17-32/h7-14,18,23H,2-6,15-17,19-20H2,1H3,(H,29,33). The third kappa shape index (κ3) is 5.72. The molecule has 1 aromatic heterocycles. The van der Waals surface area contributed by atoms with Crippen LogP contribution in [0.3, 0.4) is 0 Å². The van der Waals surface area contributed by atoms with E-state index in [-0.39, 0.29) is 11.8 Å². The highest BCUT2D eigenvalue weighted by molar-refractivity contribution is 7.89. The molecule has 2 saturated heterocycles. The van der Waals surface area contributed by atoms with Crippen molar-refractivity contribution in [3.05, 3.63) is 60.2 Å². The summed E-state index contributed by atoms with van der Waals surface area (Å²) in [5.74, 6) is 1.54. The third-order valence-electron chi connectivity index (χ3n) is 7.34. The number of carbonyl (C=O) groups is 1. The second-order valence-electron chi connectivity index (χ2n) is 9.84. The van der Waals surface area contributed by atoms with Crippen molar-refractivity contribution >= 4 is 32.7 Å². The number of rotatable bonds is 7. The number of anilines is 1. The number of nitrogens with zero attached hydrogens (tertiary/aromatic N) is 3. The Hall–Kier alpha value is -3.17. The molecule has 2 fully saturated rings. The first kappa shape index (κ1) is 25.5. The van der Waals surface area contributed by atoms with Gasteiger partial charge in [0.1, 0.15) is 11.6 Å². The van der Waals surface area contributed by atoms with Gasteiger partial charge in [-0.25, -0.2) is 13.4 Å². The van der Waals surface area contributed by atoms with Crippen LogP contribution in [0.4, 0.5) is 5.82 Å². The van der Waals surface area contributed by atoms with Gasteiger partial charge < -0.3 is 15.0 Å². The van der Waals surface area contributed by atoms with E-state index in [1.165, 1.54) is 0 Å². The maximum absolute atomic E-state index is 13.1. The number of nitrogens with one attached hydrogen (secondary N) is 1. The highest BCUT2D eigenvalue weighted by Gasteiger charge is 2.28. The molecule has 1 amide bonds. The van der Waals surface area contributed by atoms with Crippen molar-refractivity contribution in [1.29, 1.82) is 0 Å². The highest BCUT2D eigenvalue weighted by atomic mass is 32.2. The number of ether oxygens (including phenoxy) is 1. The number of carbonyl (C=O) groups excluding carboxylic acids is 1. The Morgan fingerprint density at radius 2 is 1.78 bits per heavy atom. The van der Waals surface area contributed by atoms with Gasteiger partial charge in [-0.3, -0.25) is 4.79 Å². The molecule has 0 spiro atoms. The summed E-state index contributed by atoms with van der Waals surface area (Å²) in [7, 11) is -1.85. The molecule has 1 N–H and O–H groups in total. The summed E-state index contributed by atoms with van der Waals surface area (Å²) < 4.78 is 32.9. The molecule has 0 aliphatic carbocycles. The van der Waals surface area contributed by atoms with Gasteiger partial charge in [-0.05, 0) is 73.7 Å². The number of amides is 1. The van der Waals surface area contributed by atoms with E-state index in [2.05, 4.69) is 10.2 Å². The number of hydrogen-bond donors (Lipinski definition) is 1. The fourth-order valence-electron chi connectivity index (χ4n) is 5.16. The Morgan fingerprint density at radius 1 is 1.00 bits per heavy atom. The van der Waals surface area contributed by atoms with Gasteiger partial charge in [0, 0.05) is 38.1 Å². The molecule has 2 aliphatic rings. The number of piperidine rings is 2. The van der Waals surface area contributed by atoms with E-state index in [0.29, 0.717) is 31.1 Å². The molecule has 2 aromatic carbocycles. The van der Waals surface area contributed by atoms with Crippen LogP contribution >= 0.6 is 0 Å². The number of sulfonamides is 1. The van der Waals surface area contributed by atoms with Crippen molar-refractivity contribution in [3.63, 3.8) is 0 Å².